The predicted octanol–water partition coefficient (Wildman–Crippen LogP) is 2.00. The fourth-order valence-corrected chi connectivity index (χ4v) is 2.85. The third-order valence-electron chi connectivity index (χ3n) is 3.33. The third kappa shape index (κ3) is 4.84. The van der Waals surface area contributed by atoms with Crippen LogP contribution in [0.2, 0.25) is 0 Å². The maximum absolute atomic E-state index is 12.3. The number of carbonyl (C=O) groups excluding carboxylic acids is 1. The minimum absolute atomic E-state index is 0.00972. The first-order valence-corrected chi connectivity index (χ1v) is 9.06. The lowest BCUT2D eigenvalue weighted by atomic mass is 10.2. The summed E-state index contributed by atoms with van der Waals surface area (Å²) in [5.41, 5.74) is 1.44. The highest BCUT2D eigenvalue weighted by atomic mass is 32.2. The standard InChI is InChI=1S/C16H20N2O5S/c1-12-6-7-15(22-2)14(9-12)17-16(19)11-18(24(3,20)21)10-13-5-4-8-23-13/h4-9H,10-11H2,1-3H3,(H,17,19). The third-order valence-corrected chi connectivity index (χ3v) is 4.53. The van der Waals surface area contributed by atoms with E-state index >= 15 is 0 Å². The first-order valence-electron chi connectivity index (χ1n) is 7.21. The van der Waals surface area contributed by atoms with Gasteiger partial charge in [-0.2, -0.15) is 4.31 Å². The number of carbonyl (C=O) groups is 1. The summed E-state index contributed by atoms with van der Waals surface area (Å²) in [6, 6.07) is 8.66. The second-order valence-electron chi connectivity index (χ2n) is 5.36. The zero-order valence-corrected chi connectivity index (χ0v) is 14.6. The van der Waals surface area contributed by atoms with Gasteiger partial charge in [-0.15, -0.1) is 0 Å². The highest BCUT2D eigenvalue weighted by Crippen LogP contribution is 2.25. The number of anilines is 1. The molecule has 1 N–H and O–H groups in total. The van der Waals surface area contributed by atoms with Crippen LogP contribution in [0.15, 0.2) is 41.0 Å². The number of methoxy groups -OCH3 is 1. The van der Waals surface area contributed by atoms with E-state index in [0.717, 1.165) is 16.1 Å². The Hall–Kier alpha value is -2.32. The number of rotatable bonds is 7. The van der Waals surface area contributed by atoms with Crippen molar-refractivity contribution in [2.24, 2.45) is 0 Å². The number of hydrogen-bond acceptors (Lipinski definition) is 5. The quantitative estimate of drug-likeness (QED) is 0.823. The predicted molar refractivity (Wildman–Crippen MR) is 90.3 cm³/mol. The van der Waals surface area contributed by atoms with Gasteiger partial charge in [-0.3, -0.25) is 4.79 Å². The highest BCUT2D eigenvalue weighted by molar-refractivity contribution is 7.88. The van der Waals surface area contributed by atoms with Crippen LogP contribution in [0.4, 0.5) is 5.69 Å². The average Bonchev–Trinajstić information content (AvgIpc) is 2.99. The fourth-order valence-electron chi connectivity index (χ4n) is 2.14. The van der Waals surface area contributed by atoms with Gasteiger partial charge in [0.2, 0.25) is 15.9 Å². The molecule has 8 heteroatoms. The van der Waals surface area contributed by atoms with Crippen LogP contribution < -0.4 is 10.1 Å². The van der Waals surface area contributed by atoms with Crippen LogP contribution in [0.5, 0.6) is 5.75 Å². The SMILES string of the molecule is COc1ccc(C)cc1NC(=O)CN(Cc1ccco1)S(C)(=O)=O. The molecule has 1 aromatic heterocycles. The molecule has 0 saturated heterocycles. The van der Waals surface area contributed by atoms with E-state index in [1.807, 2.05) is 13.0 Å². The minimum atomic E-state index is -3.57. The number of nitrogens with zero attached hydrogens (tertiary/aromatic N) is 1. The first kappa shape index (κ1) is 18.0. The molecule has 1 aromatic carbocycles. The van der Waals surface area contributed by atoms with Crippen LogP contribution in [0.3, 0.4) is 0 Å². The summed E-state index contributed by atoms with van der Waals surface area (Å²) in [7, 11) is -2.07. The largest absolute Gasteiger partial charge is 0.495 e. The molecule has 0 fully saturated rings. The molecular formula is C16H20N2O5S. The van der Waals surface area contributed by atoms with Crippen molar-refractivity contribution >= 4 is 21.6 Å². The molecule has 2 aromatic rings. The maximum atomic E-state index is 12.3. The molecule has 0 bridgehead atoms. The van der Waals surface area contributed by atoms with Crippen LogP contribution in [-0.2, 0) is 21.4 Å². The molecule has 1 heterocycles. The number of ether oxygens (including phenoxy) is 1. The molecule has 130 valence electrons. The van der Waals surface area contributed by atoms with Crippen molar-refractivity contribution in [1.29, 1.82) is 0 Å². The minimum Gasteiger partial charge on any atom is -0.495 e. The van der Waals surface area contributed by atoms with Crippen LogP contribution in [0.25, 0.3) is 0 Å². The number of aryl methyl sites for hydroxylation is 1. The molecule has 0 atom stereocenters. The Kier molecular flexibility index (Phi) is 5.63. The van der Waals surface area contributed by atoms with Crippen molar-refractivity contribution in [1.82, 2.24) is 4.31 Å². The summed E-state index contributed by atoms with van der Waals surface area (Å²) in [6.45, 7) is 1.55. The Balaban J connectivity index is 2.12. The number of sulfonamides is 1. The molecule has 1 amide bonds. The zero-order valence-electron chi connectivity index (χ0n) is 13.8. The van der Waals surface area contributed by atoms with Gasteiger partial charge < -0.3 is 14.5 Å². The summed E-state index contributed by atoms with van der Waals surface area (Å²) in [4.78, 5) is 12.3. The normalized spacial score (nSPS) is 11.5. The Labute approximate surface area is 141 Å². The first-order chi connectivity index (χ1) is 11.3. The zero-order chi connectivity index (χ0) is 17.7. The van der Waals surface area contributed by atoms with Crippen LogP contribution in [0.1, 0.15) is 11.3 Å². The summed E-state index contributed by atoms with van der Waals surface area (Å²) in [5.74, 6) is 0.503. The van der Waals surface area contributed by atoms with Gasteiger partial charge in [-0.05, 0) is 36.8 Å². The lowest BCUT2D eigenvalue weighted by Gasteiger charge is -2.19. The number of nitrogens with one attached hydrogen (secondary N) is 1. The van der Waals surface area contributed by atoms with Gasteiger partial charge in [0.25, 0.3) is 0 Å². The fraction of sp³-hybridized carbons (Fsp3) is 0.312. The van der Waals surface area contributed by atoms with E-state index < -0.39 is 15.9 Å². The van der Waals surface area contributed by atoms with Crippen LogP contribution in [0, 0.1) is 6.92 Å². The molecule has 0 radical (unpaired) electrons. The lowest BCUT2D eigenvalue weighted by Crippen LogP contribution is -2.36. The van der Waals surface area contributed by atoms with Gasteiger partial charge in [0.1, 0.15) is 11.5 Å². The van der Waals surface area contributed by atoms with Gasteiger partial charge in [0.05, 0.1) is 38.4 Å². The summed E-state index contributed by atoms with van der Waals surface area (Å²) in [5, 5.41) is 2.68. The second kappa shape index (κ2) is 7.50. The van der Waals surface area contributed by atoms with Gasteiger partial charge in [0.15, 0.2) is 0 Å². The van der Waals surface area contributed by atoms with E-state index in [4.69, 9.17) is 9.15 Å². The maximum Gasteiger partial charge on any atom is 0.239 e. The van der Waals surface area contributed by atoms with Crippen molar-refractivity contribution in [2.75, 3.05) is 25.2 Å². The summed E-state index contributed by atoms with van der Waals surface area (Å²) >= 11 is 0. The van der Waals surface area contributed by atoms with Crippen molar-refractivity contribution in [3.8, 4) is 5.75 Å². The number of amides is 1. The number of benzene rings is 1. The summed E-state index contributed by atoms with van der Waals surface area (Å²) in [6.07, 6.45) is 2.50. The average molecular weight is 352 g/mol. The number of hydrogen-bond donors (Lipinski definition) is 1. The van der Waals surface area contributed by atoms with E-state index in [-0.39, 0.29) is 13.1 Å². The molecule has 0 spiro atoms. The Morgan fingerprint density at radius 2 is 2.08 bits per heavy atom. The molecular weight excluding hydrogens is 332 g/mol. The van der Waals surface area contributed by atoms with Crippen molar-refractivity contribution in [3.05, 3.63) is 47.9 Å². The number of furan rings is 1. The van der Waals surface area contributed by atoms with Crippen molar-refractivity contribution < 1.29 is 22.4 Å². The van der Waals surface area contributed by atoms with Crippen molar-refractivity contribution in [2.45, 2.75) is 13.5 Å². The van der Waals surface area contributed by atoms with Gasteiger partial charge in [-0.1, -0.05) is 6.07 Å². The van der Waals surface area contributed by atoms with Crippen molar-refractivity contribution in [3.63, 3.8) is 0 Å². The summed E-state index contributed by atoms with van der Waals surface area (Å²) < 4.78 is 35.2. The van der Waals surface area contributed by atoms with Crippen LogP contribution in [-0.4, -0.2) is 38.5 Å². The Morgan fingerprint density at radius 3 is 2.67 bits per heavy atom. The van der Waals surface area contributed by atoms with E-state index in [9.17, 15) is 13.2 Å². The molecule has 24 heavy (non-hydrogen) atoms. The lowest BCUT2D eigenvalue weighted by molar-refractivity contribution is -0.116. The molecule has 0 aliphatic carbocycles. The Bertz CT molecular complexity index is 800. The second-order valence-corrected chi connectivity index (χ2v) is 7.34. The van der Waals surface area contributed by atoms with E-state index in [0.29, 0.717) is 17.2 Å². The van der Waals surface area contributed by atoms with Gasteiger partial charge >= 0.3 is 0 Å². The molecule has 0 aliphatic rings. The van der Waals surface area contributed by atoms with Gasteiger partial charge in [-0.25, -0.2) is 8.42 Å². The Morgan fingerprint density at radius 1 is 1.33 bits per heavy atom. The molecule has 7 nitrogen and oxygen atoms in total. The molecule has 2 rings (SSSR count). The van der Waals surface area contributed by atoms with E-state index in [1.165, 1.54) is 13.4 Å². The molecule has 0 saturated carbocycles. The van der Waals surface area contributed by atoms with E-state index in [1.54, 1.807) is 24.3 Å². The van der Waals surface area contributed by atoms with Crippen LogP contribution >= 0.6 is 0 Å². The highest BCUT2D eigenvalue weighted by Gasteiger charge is 2.22. The monoisotopic (exact) mass is 352 g/mol. The van der Waals surface area contributed by atoms with E-state index in [2.05, 4.69) is 5.32 Å². The topological polar surface area (TPSA) is 88.8 Å². The molecule has 0 aliphatic heterocycles. The van der Waals surface area contributed by atoms with Gasteiger partial charge in [0, 0.05) is 0 Å². The molecule has 0 unspecified atom stereocenters. The smallest absolute Gasteiger partial charge is 0.239 e.